The minimum Gasteiger partial charge on any atom is -0.496 e. The first-order valence-corrected chi connectivity index (χ1v) is 7.39. The number of piperazine rings is 1. The molecular weight excluding hydrogens is 347 g/mol. The molecule has 0 unspecified atom stereocenters. The topological polar surface area (TPSA) is 24.5 Å². The molecule has 0 saturated carbocycles. The summed E-state index contributed by atoms with van der Waals surface area (Å²) in [5, 5.41) is 3.33. The number of ether oxygens (including phenoxy) is 1. The van der Waals surface area contributed by atoms with Gasteiger partial charge in [-0.1, -0.05) is 22.0 Å². The van der Waals surface area contributed by atoms with Gasteiger partial charge in [0.05, 0.1) is 13.8 Å². The Labute approximate surface area is 134 Å². The molecule has 1 aromatic carbocycles. The first-order valence-electron chi connectivity index (χ1n) is 6.60. The average Bonchev–Trinajstić information content (AvgIpc) is 2.46. The van der Waals surface area contributed by atoms with Gasteiger partial charge < -0.3 is 10.1 Å². The quantitative estimate of drug-likeness (QED) is 0.865. The summed E-state index contributed by atoms with van der Waals surface area (Å²) in [7, 11) is 1.66. The van der Waals surface area contributed by atoms with Crippen molar-refractivity contribution in [3.05, 3.63) is 28.2 Å². The van der Waals surface area contributed by atoms with Crippen molar-refractivity contribution in [3.8, 4) is 5.75 Å². The van der Waals surface area contributed by atoms with Gasteiger partial charge in [0.2, 0.25) is 0 Å². The highest BCUT2D eigenvalue weighted by atomic mass is 79.9. The van der Waals surface area contributed by atoms with Crippen LogP contribution < -0.4 is 10.1 Å². The maximum Gasteiger partial charge on any atom is 0.124 e. The van der Waals surface area contributed by atoms with Crippen molar-refractivity contribution in [3.63, 3.8) is 0 Å². The van der Waals surface area contributed by atoms with Crippen LogP contribution in [0.5, 0.6) is 5.75 Å². The molecule has 1 aliphatic rings. The predicted octanol–water partition coefficient (Wildman–Crippen LogP) is 3.19. The average molecular weight is 368 g/mol. The van der Waals surface area contributed by atoms with Crippen molar-refractivity contribution in [1.82, 2.24) is 10.2 Å². The van der Waals surface area contributed by atoms with Crippen LogP contribution in [0.15, 0.2) is 22.7 Å². The lowest BCUT2D eigenvalue weighted by Crippen LogP contribution is -2.45. The molecule has 1 heterocycles. The van der Waals surface area contributed by atoms with Crippen LogP contribution in [-0.2, 0) is 0 Å². The van der Waals surface area contributed by atoms with Gasteiger partial charge in [0.1, 0.15) is 5.75 Å². The van der Waals surface area contributed by atoms with Gasteiger partial charge in [-0.15, -0.1) is 12.4 Å². The molecule has 0 aliphatic carbocycles. The second-order valence-electron chi connectivity index (χ2n) is 4.67. The van der Waals surface area contributed by atoms with Crippen LogP contribution in [0.2, 0.25) is 0 Å². The fraction of sp³-hybridized carbons (Fsp3) is 0.571. The van der Waals surface area contributed by atoms with Crippen LogP contribution in [-0.4, -0.2) is 44.9 Å². The summed E-state index contributed by atoms with van der Waals surface area (Å²) >= 11 is 3.44. The van der Waals surface area contributed by atoms with E-state index in [0.29, 0.717) is 6.42 Å². The van der Waals surface area contributed by atoms with Gasteiger partial charge in [-0.3, -0.25) is 9.29 Å². The number of halogens is 3. The van der Waals surface area contributed by atoms with Crippen molar-refractivity contribution in [2.75, 3.05) is 40.0 Å². The summed E-state index contributed by atoms with van der Waals surface area (Å²) in [4.78, 5) is 2.34. The standard InChI is InChI=1S/C14H20BrFN2O.ClH/c1-19-14-10-11(15)2-3-12(14)13(4-5-16)18-8-6-17-7-9-18;/h2-3,10,13,17H,4-9H2,1H3;1H/t13-;/m1./s1. The molecule has 3 nitrogen and oxygen atoms in total. The van der Waals surface area contributed by atoms with Crippen molar-refractivity contribution >= 4 is 28.3 Å². The van der Waals surface area contributed by atoms with Gasteiger partial charge in [-0.05, 0) is 18.6 Å². The Hall–Kier alpha value is -0.360. The van der Waals surface area contributed by atoms with E-state index in [0.717, 1.165) is 42.0 Å². The highest BCUT2D eigenvalue weighted by molar-refractivity contribution is 9.10. The molecule has 0 spiro atoms. The van der Waals surface area contributed by atoms with Crippen molar-refractivity contribution < 1.29 is 9.13 Å². The van der Waals surface area contributed by atoms with Crippen LogP contribution in [0.3, 0.4) is 0 Å². The Morgan fingerprint density at radius 3 is 2.70 bits per heavy atom. The zero-order valence-corrected chi connectivity index (χ0v) is 14.0. The summed E-state index contributed by atoms with van der Waals surface area (Å²) < 4.78 is 19.3. The van der Waals surface area contributed by atoms with Crippen molar-refractivity contribution in [1.29, 1.82) is 0 Å². The summed E-state index contributed by atoms with van der Waals surface area (Å²) in [6.07, 6.45) is 0.512. The van der Waals surface area contributed by atoms with E-state index in [9.17, 15) is 4.39 Å². The van der Waals surface area contributed by atoms with Crippen LogP contribution in [0, 0.1) is 0 Å². The normalized spacial score (nSPS) is 17.4. The number of nitrogens with zero attached hydrogens (tertiary/aromatic N) is 1. The van der Waals surface area contributed by atoms with Crippen LogP contribution in [0.1, 0.15) is 18.0 Å². The Morgan fingerprint density at radius 2 is 2.10 bits per heavy atom. The molecule has 1 saturated heterocycles. The van der Waals surface area contributed by atoms with Gasteiger partial charge in [0, 0.05) is 42.3 Å². The van der Waals surface area contributed by atoms with Crippen LogP contribution in [0.25, 0.3) is 0 Å². The molecule has 2 rings (SSSR count). The van der Waals surface area contributed by atoms with Gasteiger partial charge in [0.15, 0.2) is 0 Å². The third-order valence-corrected chi connectivity index (χ3v) is 4.02. The van der Waals surface area contributed by atoms with E-state index in [1.165, 1.54) is 0 Å². The van der Waals surface area contributed by atoms with E-state index in [-0.39, 0.29) is 25.1 Å². The van der Waals surface area contributed by atoms with Crippen LogP contribution in [0.4, 0.5) is 4.39 Å². The van der Waals surface area contributed by atoms with Gasteiger partial charge >= 0.3 is 0 Å². The van der Waals surface area contributed by atoms with Gasteiger partial charge in [0.25, 0.3) is 0 Å². The summed E-state index contributed by atoms with van der Waals surface area (Å²) in [5.74, 6) is 0.825. The second kappa shape index (κ2) is 8.82. The first kappa shape index (κ1) is 17.7. The minimum absolute atomic E-state index is 0. The number of methoxy groups -OCH3 is 1. The number of alkyl halides is 1. The van der Waals surface area contributed by atoms with Crippen LogP contribution >= 0.6 is 28.3 Å². The second-order valence-corrected chi connectivity index (χ2v) is 5.58. The molecule has 0 amide bonds. The molecule has 0 bridgehead atoms. The molecule has 1 aromatic rings. The lowest BCUT2D eigenvalue weighted by atomic mass is 10.0. The minimum atomic E-state index is -0.312. The first-order chi connectivity index (χ1) is 9.26. The maximum absolute atomic E-state index is 12.9. The summed E-state index contributed by atoms with van der Waals surface area (Å²) in [6.45, 7) is 3.50. The molecule has 0 radical (unpaired) electrons. The Kier molecular flexibility index (Phi) is 7.80. The fourth-order valence-corrected chi connectivity index (χ4v) is 2.93. The lowest BCUT2D eigenvalue weighted by molar-refractivity contribution is 0.155. The fourth-order valence-electron chi connectivity index (χ4n) is 2.59. The lowest BCUT2D eigenvalue weighted by Gasteiger charge is -2.35. The third kappa shape index (κ3) is 4.32. The number of rotatable bonds is 5. The molecule has 0 aromatic heterocycles. The number of hydrogen-bond donors (Lipinski definition) is 1. The van der Waals surface area contributed by atoms with E-state index in [1.54, 1.807) is 7.11 Å². The van der Waals surface area contributed by atoms with Crippen molar-refractivity contribution in [2.24, 2.45) is 0 Å². The monoisotopic (exact) mass is 366 g/mol. The maximum atomic E-state index is 12.9. The zero-order valence-electron chi connectivity index (χ0n) is 11.6. The molecule has 1 fully saturated rings. The molecule has 1 aliphatic heterocycles. The van der Waals surface area contributed by atoms with Gasteiger partial charge in [-0.2, -0.15) is 0 Å². The predicted molar refractivity (Wildman–Crippen MR) is 85.7 cm³/mol. The highest BCUT2D eigenvalue weighted by Gasteiger charge is 2.24. The number of hydrogen-bond acceptors (Lipinski definition) is 3. The molecular formula is C14H21BrClFN2O. The molecule has 1 atom stereocenters. The molecule has 1 N–H and O–H groups in total. The summed E-state index contributed by atoms with van der Waals surface area (Å²) in [5.41, 5.74) is 1.07. The number of nitrogens with one attached hydrogen (secondary N) is 1. The van der Waals surface area contributed by atoms with Crippen molar-refractivity contribution in [2.45, 2.75) is 12.5 Å². The highest BCUT2D eigenvalue weighted by Crippen LogP contribution is 2.34. The molecule has 6 heteroatoms. The Bertz CT molecular complexity index is 416. The Balaban J connectivity index is 0.00000200. The summed E-state index contributed by atoms with van der Waals surface area (Å²) in [6, 6.07) is 6.06. The molecule has 20 heavy (non-hydrogen) atoms. The van der Waals surface area contributed by atoms with E-state index >= 15 is 0 Å². The van der Waals surface area contributed by atoms with E-state index in [2.05, 4.69) is 26.1 Å². The largest absolute Gasteiger partial charge is 0.496 e. The zero-order chi connectivity index (χ0) is 13.7. The van der Waals surface area contributed by atoms with E-state index in [4.69, 9.17) is 4.74 Å². The van der Waals surface area contributed by atoms with E-state index < -0.39 is 0 Å². The SMILES string of the molecule is COc1cc(Br)ccc1[C@@H](CCF)N1CCNCC1.Cl. The smallest absolute Gasteiger partial charge is 0.124 e. The Morgan fingerprint density at radius 1 is 1.40 bits per heavy atom. The molecule has 114 valence electrons. The number of benzene rings is 1. The third-order valence-electron chi connectivity index (χ3n) is 3.53. The van der Waals surface area contributed by atoms with E-state index in [1.807, 2.05) is 18.2 Å². The van der Waals surface area contributed by atoms with Gasteiger partial charge in [-0.25, -0.2) is 0 Å².